The molecule has 2 aliphatic rings. The zero-order chi connectivity index (χ0) is 26.6. The number of amides is 2. The molecule has 2 amide bonds. The second-order valence-corrected chi connectivity index (χ2v) is 10.6. The lowest BCUT2D eigenvalue weighted by atomic mass is 10.1. The van der Waals surface area contributed by atoms with Gasteiger partial charge in [0.25, 0.3) is 0 Å². The van der Waals surface area contributed by atoms with E-state index in [1.54, 1.807) is 4.90 Å². The molecule has 0 aliphatic carbocycles. The van der Waals surface area contributed by atoms with E-state index in [0.717, 1.165) is 89.1 Å². The van der Waals surface area contributed by atoms with Crippen molar-refractivity contribution in [2.45, 2.75) is 96.7 Å². The van der Waals surface area contributed by atoms with Gasteiger partial charge in [-0.2, -0.15) is 0 Å². The van der Waals surface area contributed by atoms with Crippen molar-refractivity contribution in [3.63, 3.8) is 0 Å². The number of nitrogens with one attached hydrogen (secondary N) is 2. The van der Waals surface area contributed by atoms with Crippen molar-refractivity contribution < 1.29 is 19.4 Å². The molecule has 3 atom stereocenters. The molecular formula is C28H47N5O4. The van der Waals surface area contributed by atoms with Crippen LogP contribution in [0.5, 0.6) is 0 Å². The second-order valence-electron chi connectivity index (χ2n) is 10.6. The first-order valence-corrected chi connectivity index (χ1v) is 14.2. The van der Waals surface area contributed by atoms with Gasteiger partial charge in [-0.15, -0.1) is 0 Å². The van der Waals surface area contributed by atoms with Crippen LogP contribution in [0.2, 0.25) is 0 Å². The smallest absolute Gasteiger partial charge is 0.326 e. The van der Waals surface area contributed by atoms with Crippen LogP contribution in [0.4, 0.5) is 10.6 Å². The van der Waals surface area contributed by atoms with Gasteiger partial charge in [-0.25, -0.2) is 14.6 Å². The minimum atomic E-state index is -0.984. The number of fused-ring (bicyclic) bond motifs is 1. The Hall–Kier alpha value is -2.39. The summed E-state index contributed by atoms with van der Waals surface area (Å²) in [4.78, 5) is 33.6. The third-order valence-corrected chi connectivity index (χ3v) is 7.53. The molecule has 0 aromatic carbocycles. The molecule has 1 aromatic rings. The van der Waals surface area contributed by atoms with Crippen LogP contribution in [0.25, 0.3) is 0 Å². The Kier molecular flexibility index (Phi) is 11.9. The second kappa shape index (κ2) is 15.1. The Morgan fingerprint density at radius 3 is 2.70 bits per heavy atom. The van der Waals surface area contributed by atoms with Gasteiger partial charge in [0, 0.05) is 44.0 Å². The number of carboxylic acid groups (broad SMARTS) is 1. The topological polar surface area (TPSA) is 107 Å². The van der Waals surface area contributed by atoms with Gasteiger partial charge in [0.05, 0.1) is 6.61 Å². The number of unbranched alkanes of at least 4 members (excludes halogenated alkanes) is 1. The molecule has 9 nitrogen and oxygen atoms in total. The zero-order valence-electron chi connectivity index (χ0n) is 23.0. The average molecular weight is 518 g/mol. The summed E-state index contributed by atoms with van der Waals surface area (Å²) in [6.07, 6.45) is 8.44. The van der Waals surface area contributed by atoms with Crippen LogP contribution >= 0.6 is 0 Å². The van der Waals surface area contributed by atoms with Gasteiger partial charge in [0.2, 0.25) is 0 Å². The molecule has 0 bridgehead atoms. The zero-order valence-corrected chi connectivity index (χ0v) is 23.0. The predicted octanol–water partition coefficient (Wildman–Crippen LogP) is 3.92. The molecule has 0 radical (unpaired) electrons. The Bertz CT molecular complexity index is 857. The van der Waals surface area contributed by atoms with Crippen molar-refractivity contribution in [3.05, 3.63) is 23.4 Å². The summed E-state index contributed by atoms with van der Waals surface area (Å²) in [6.45, 7) is 10.7. The number of aryl methyl sites for hydroxylation is 2. The van der Waals surface area contributed by atoms with Crippen LogP contribution in [0.15, 0.2) is 12.1 Å². The normalized spacial score (nSPS) is 19.9. The minimum absolute atomic E-state index is 0.136. The first kappa shape index (κ1) is 29.2. The number of aromatic nitrogens is 1. The summed E-state index contributed by atoms with van der Waals surface area (Å²) < 4.78 is 5.70. The first-order chi connectivity index (χ1) is 17.9. The van der Waals surface area contributed by atoms with Crippen LogP contribution in [0.3, 0.4) is 0 Å². The number of urea groups is 1. The quantitative estimate of drug-likeness (QED) is 0.303. The van der Waals surface area contributed by atoms with Gasteiger partial charge >= 0.3 is 12.0 Å². The number of carboxylic acids is 1. The lowest BCUT2D eigenvalue weighted by Gasteiger charge is -2.29. The van der Waals surface area contributed by atoms with E-state index in [9.17, 15) is 14.7 Å². The molecule has 3 N–H and O–H groups in total. The number of carbonyl (C=O) groups excluding carboxylic acids is 1. The summed E-state index contributed by atoms with van der Waals surface area (Å²) in [5, 5.41) is 16.0. The minimum Gasteiger partial charge on any atom is -0.480 e. The number of carbonyl (C=O) groups is 2. The molecule has 2 aliphatic heterocycles. The van der Waals surface area contributed by atoms with Gasteiger partial charge in [-0.1, -0.05) is 13.0 Å². The van der Waals surface area contributed by atoms with Crippen molar-refractivity contribution in [2.75, 3.05) is 44.7 Å². The molecule has 1 unspecified atom stereocenters. The average Bonchev–Trinajstić information content (AvgIpc) is 3.23. The maximum absolute atomic E-state index is 12.8. The highest BCUT2D eigenvalue weighted by Crippen LogP contribution is 2.23. The van der Waals surface area contributed by atoms with Crippen molar-refractivity contribution in [1.82, 2.24) is 20.1 Å². The summed E-state index contributed by atoms with van der Waals surface area (Å²) in [7, 11) is 0. The number of pyridine rings is 1. The molecule has 0 saturated carbocycles. The third-order valence-electron chi connectivity index (χ3n) is 7.53. The largest absolute Gasteiger partial charge is 0.480 e. The standard InChI is InChI=1S/C28H47N5O4/c1-4-19-37-20-18-32(16-6-5-9-24-13-12-23-8-7-15-29-26(23)30-24)17-14-25(27(34)35)31-28(36)33-21(2)10-11-22(33)3/h12-13,21-22,25H,4-11,14-20H2,1-3H3,(H,29,30)(H,31,36)(H,34,35)/t21-,22?,25+/m1/s1. The highest BCUT2D eigenvalue weighted by molar-refractivity contribution is 5.83. The number of hydrogen-bond acceptors (Lipinski definition) is 6. The van der Waals surface area contributed by atoms with Gasteiger partial charge in [-0.05, 0) is 89.8 Å². The van der Waals surface area contributed by atoms with E-state index < -0.39 is 12.0 Å². The highest BCUT2D eigenvalue weighted by atomic mass is 16.5. The fourth-order valence-electron chi connectivity index (χ4n) is 5.31. The molecule has 1 aromatic heterocycles. The van der Waals surface area contributed by atoms with Gasteiger partial charge < -0.3 is 30.3 Å². The van der Waals surface area contributed by atoms with Gasteiger partial charge in [0.1, 0.15) is 11.9 Å². The fourth-order valence-corrected chi connectivity index (χ4v) is 5.31. The number of nitrogens with zero attached hydrogens (tertiary/aromatic N) is 3. The van der Waals surface area contributed by atoms with E-state index in [1.165, 1.54) is 5.56 Å². The Morgan fingerprint density at radius 1 is 1.19 bits per heavy atom. The lowest BCUT2D eigenvalue weighted by Crippen LogP contribution is -2.51. The van der Waals surface area contributed by atoms with Gasteiger partial charge in [0.15, 0.2) is 0 Å². The lowest BCUT2D eigenvalue weighted by molar-refractivity contribution is -0.139. The van der Waals surface area contributed by atoms with Crippen LogP contribution in [-0.4, -0.2) is 89.4 Å². The fraction of sp³-hybridized carbons (Fsp3) is 0.750. The van der Waals surface area contributed by atoms with Crippen LogP contribution < -0.4 is 10.6 Å². The van der Waals surface area contributed by atoms with Crippen LogP contribution in [0, 0.1) is 0 Å². The summed E-state index contributed by atoms with van der Waals surface area (Å²) in [6, 6.07) is 3.44. The number of aliphatic carboxylic acids is 1. The Balaban J connectivity index is 1.48. The Morgan fingerprint density at radius 2 is 1.97 bits per heavy atom. The number of rotatable bonds is 15. The molecule has 1 fully saturated rings. The SMILES string of the molecule is CCCOCCN(CCCCc1ccc2c(n1)NCCC2)CC[C@H](NC(=O)N1C(C)CC[C@H]1C)C(=O)O. The highest BCUT2D eigenvalue weighted by Gasteiger charge is 2.33. The predicted molar refractivity (Wildman–Crippen MR) is 146 cm³/mol. The van der Waals surface area contributed by atoms with Crippen molar-refractivity contribution in [2.24, 2.45) is 0 Å². The number of hydrogen-bond donors (Lipinski definition) is 3. The van der Waals surface area contributed by atoms with E-state index in [4.69, 9.17) is 9.72 Å². The maximum atomic E-state index is 12.8. The summed E-state index contributed by atoms with van der Waals surface area (Å²) in [5.41, 5.74) is 2.42. The molecule has 3 rings (SSSR count). The summed E-state index contributed by atoms with van der Waals surface area (Å²) in [5.74, 6) is 0.0556. The Labute approximate surface area is 222 Å². The molecular weight excluding hydrogens is 470 g/mol. The van der Waals surface area contributed by atoms with Crippen molar-refractivity contribution in [1.29, 1.82) is 0 Å². The van der Waals surface area contributed by atoms with E-state index in [0.29, 0.717) is 19.6 Å². The summed E-state index contributed by atoms with van der Waals surface area (Å²) >= 11 is 0. The molecule has 3 heterocycles. The molecule has 0 spiro atoms. The first-order valence-electron chi connectivity index (χ1n) is 14.2. The van der Waals surface area contributed by atoms with Crippen LogP contribution in [-0.2, 0) is 22.4 Å². The van der Waals surface area contributed by atoms with Crippen molar-refractivity contribution in [3.8, 4) is 0 Å². The molecule has 9 heteroatoms. The van der Waals surface area contributed by atoms with E-state index in [1.807, 2.05) is 13.8 Å². The number of ether oxygens (including phenoxy) is 1. The van der Waals surface area contributed by atoms with E-state index in [-0.39, 0.29) is 18.1 Å². The number of anilines is 1. The van der Waals surface area contributed by atoms with E-state index >= 15 is 0 Å². The molecule has 208 valence electrons. The maximum Gasteiger partial charge on any atom is 0.326 e. The molecule has 37 heavy (non-hydrogen) atoms. The van der Waals surface area contributed by atoms with Gasteiger partial charge in [-0.3, -0.25) is 0 Å². The van der Waals surface area contributed by atoms with E-state index in [2.05, 4.69) is 34.6 Å². The third kappa shape index (κ3) is 9.14. The monoisotopic (exact) mass is 517 g/mol. The van der Waals surface area contributed by atoms with Crippen molar-refractivity contribution >= 4 is 17.8 Å². The van der Waals surface area contributed by atoms with Crippen LogP contribution in [0.1, 0.15) is 77.0 Å². The number of likely N-dealkylation sites (tertiary alicyclic amines) is 1. The molecule has 1 saturated heterocycles.